The highest BCUT2D eigenvalue weighted by Gasteiger charge is 2.12. The van der Waals surface area contributed by atoms with E-state index in [2.05, 4.69) is 15.5 Å². The Balaban J connectivity index is 1.71. The Hall–Kier alpha value is -3.15. The van der Waals surface area contributed by atoms with Crippen LogP contribution in [0.15, 0.2) is 58.6 Å². The van der Waals surface area contributed by atoms with E-state index in [1.165, 1.54) is 0 Å². The predicted molar refractivity (Wildman–Crippen MR) is 91.4 cm³/mol. The van der Waals surface area contributed by atoms with Gasteiger partial charge in [-0.05, 0) is 44.5 Å². The number of benzene rings is 1. The van der Waals surface area contributed by atoms with E-state index in [0.717, 1.165) is 17.0 Å². The Kier molecular flexibility index (Phi) is 4.29. The van der Waals surface area contributed by atoms with Gasteiger partial charge in [0.15, 0.2) is 0 Å². The van der Waals surface area contributed by atoms with Crippen molar-refractivity contribution in [1.29, 1.82) is 0 Å². The van der Waals surface area contributed by atoms with Crippen molar-refractivity contribution in [3.63, 3.8) is 0 Å². The number of nitrogens with one attached hydrogen (secondary N) is 1. The van der Waals surface area contributed by atoms with E-state index in [1.54, 1.807) is 32.4 Å². The fourth-order valence-corrected chi connectivity index (χ4v) is 2.40. The second-order valence-corrected chi connectivity index (χ2v) is 5.48. The van der Waals surface area contributed by atoms with E-state index in [9.17, 15) is 4.79 Å². The zero-order valence-electron chi connectivity index (χ0n) is 13.8. The van der Waals surface area contributed by atoms with Gasteiger partial charge in [0.05, 0.1) is 17.6 Å². The van der Waals surface area contributed by atoms with Gasteiger partial charge in [0.25, 0.3) is 5.91 Å². The van der Waals surface area contributed by atoms with E-state index in [0.29, 0.717) is 17.1 Å². The second kappa shape index (κ2) is 6.54. The number of rotatable bonds is 4. The molecule has 0 unspecified atom stereocenters. The summed E-state index contributed by atoms with van der Waals surface area (Å²) in [6.07, 6.45) is 5.35. The van der Waals surface area contributed by atoms with Crippen molar-refractivity contribution in [1.82, 2.24) is 15.0 Å². The highest BCUT2D eigenvalue weighted by Crippen LogP contribution is 2.13. The molecule has 1 N–H and O–H groups in total. The molecule has 0 spiro atoms. The van der Waals surface area contributed by atoms with E-state index in [4.69, 9.17) is 4.42 Å². The van der Waals surface area contributed by atoms with Gasteiger partial charge in [-0.2, -0.15) is 5.10 Å². The first kappa shape index (κ1) is 15.7. The molecule has 2 aromatic heterocycles. The minimum atomic E-state index is -0.279. The topological polar surface area (TPSA) is 72.4 Å². The quantitative estimate of drug-likeness (QED) is 0.592. The largest absolute Gasteiger partial charge is 0.466 e. The first-order valence-electron chi connectivity index (χ1n) is 7.55. The van der Waals surface area contributed by atoms with Gasteiger partial charge >= 0.3 is 0 Å². The number of hydrazone groups is 1. The smallest absolute Gasteiger partial charge is 0.274 e. The molecule has 24 heavy (non-hydrogen) atoms. The Morgan fingerprint density at radius 2 is 2.00 bits per heavy atom. The third-order valence-corrected chi connectivity index (χ3v) is 3.70. The molecule has 0 atom stereocenters. The molecule has 0 fully saturated rings. The average molecular weight is 322 g/mol. The Morgan fingerprint density at radius 1 is 1.25 bits per heavy atom. The van der Waals surface area contributed by atoms with Crippen LogP contribution in [0, 0.1) is 13.8 Å². The number of nitrogens with zero attached hydrogens (tertiary/aromatic N) is 3. The fourth-order valence-electron chi connectivity index (χ4n) is 2.40. The highest BCUT2D eigenvalue weighted by atomic mass is 16.3. The molecule has 0 saturated carbocycles. The minimum absolute atomic E-state index is 0.279. The molecule has 0 radical (unpaired) electrons. The first-order valence-corrected chi connectivity index (χ1v) is 7.55. The Labute approximate surface area is 139 Å². The molecular formula is C18H18N4O2. The molecule has 3 aromatic rings. The number of aryl methyl sites for hydroxylation is 2. The van der Waals surface area contributed by atoms with Crippen LogP contribution in [-0.4, -0.2) is 21.2 Å². The lowest BCUT2D eigenvalue weighted by atomic mass is 10.1. The summed E-state index contributed by atoms with van der Waals surface area (Å²) in [4.78, 5) is 16.2. The van der Waals surface area contributed by atoms with Crippen LogP contribution in [0.1, 0.15) is 34.4 Å². The number of furan rings is 1. The van der Waals surface area contributed by atoms with Crippen LogP contribution in [0.4, 0.5) is 0 Å². The van der Waals surface area contributed by atoms with Gasteiger partial charge in [-0.25, -0.2) is 10.4 Å². The fraction of sp³-hybridized carbons (Fsp3) is 0.167. The number of hydrogen-bond acceptors (Lipinski definition) is 4. The van der Waals surface area contributed by atoms with Crippen molar-refractivity contribution in [2.45, 2.75) is 20.8 Å². The van der Waals surface area contributed by atoms with Crippen LogP contribution in [0.5, 0.6) is 0 Å². The summed E-state index contributed by atoms with van der Waals surface area (Å²) in [6, 6.07) is 9.56. The monoisotopic (exact) mass is 322 g/mol. The molecule has 0 bridgehead atoms. The van der Waals surface area contributed by atoms with Crippen molar-refractivity contribution in [2.75, 3.05) is 0 Å². The van der Waals surface area contributed by atoms with E-state index >= 15 is 0 Å². The summed E-state index contributed by atoms with van der Waals surface area (Å²) >= 11 is 0. The summed E-state index contributed by atoms with van der Waals surface area (Å²) in [5, 5.41) is 4.17. The summed E-state index contributed by atoms with van der Waals surface area (Å²) in [7, 11) is 0. The number of carbonyl (C=O) groups excluding carboxylic acids is 1. The molecule has 0 aliphatic rings. The molecule has 0 aliphatic carbocycles. The maximum atomic E-state index is 12.1. The standard InChI is InChI=1S/C18H18N4O2/c1-12-10-17(14(3)24-12)18(23)21-20-13(2)15-4-6-16(7-5-15)22-9-8-19-11-22/h4-11H,1-3H3,(H,21,23). The van der Waals surface area contributed by atoms with Crippen LogP contribution < -0.4 is 5.43 Å². The predicted octanol–water partition coefficient (Wildman–Crippen LogP) is 3.24. The zero-order chi connectivity index (χ0) is 17.1. The van der Waals surface area contributed by atoms with Crippen molar-refractivity contribution < 1.29 is 9.21 Å². The van der Waals surface area contributed by atoms with E-state index in [1.807, 2.05) is 42.0 Å². The Morgan fingerprint density at radius 3 is 2.58 bits per heavy atom. The SMILES string of the molecule is CC(=NNC(=O)c1cc(C)oc1C)c1ccc(-n2ccnc2)cc1. The molecule has 122 valence electrons. The molecule has 2 heterocycles. The zero-order valence-corrected chi connectivity index (χ0v) is 13.8. The van der Waals surface area contributed by atoms with Gasteiger partial charge in [-0.3, -0.25) is 4.79 Å². The lowest BCUT2D eigenvalue weighted by molar-refractivity contribution is 0.0953. The molecule has 0 aliphatic heterocycles. The van der Waals surface area contributed by atoms with Crippen LogP contribution in [0.25, 0.3) is 5.69 Å². The van der Waals surface area contributed by atoms with Crippen molar-refractivity contribution in [2.24, 2.45) is 5.10 Å². The van der Waals surface area contributed by atoms with Crippen LogP contribution >= 0.6 is 0 Å². The summed E-state index contributed by atoms with van der Waals surface area (Å²) in [6.45, 7) is 5.41. The number of imidazole rings is 1. The average Bonchev–Trinajstić information content (AvgIpc) is 3.22. The summed E-state index contributed by atoms with van der Waals surface area (Å²) in [5.74, 6) is 1.01. The molecule has 1 amide bonds. The molecule has 1 aromatic carbocycles. The lowest BCUT2D eigenvalue weighted by Crippen LogP contribution is -2.19. The maximum Gasteiger partial charge on any atom is 0.274 e. The van der Waals surface area contributed by atoms with Crippen LogP contribution in [0.3, 0.4) is 0 Å². The number of carbonyl (C=O) groups is 1. The van der Waals surface area contributed by atoms with Crippen molar-refractivity contribution in [3.8, 4) is 5.69 Å². The number of hydrogen-bond donors (Lipinski definition) is 1. The van der Waals surface area contributed by atoms with Crippen LogP contribution in [-0.2, 0) is 0 Å². The van der Waals surface area contributed by atoms with Gasteiger partial charge in [0.2, 0.25) is 0 Å². The van der Waals surface area contributed by atoms with Gasteiger partial charge in [0.1, 0.15) is 11.5 Å². The van der Waals surface area contributed by atoms with Gasteiger partial charge in [-0.15, -0.1) is 0 Å². The molecule has 6 heteroatoms. The molecule has 3 rings (SSSR count). The Bertz CT molecular complexity index is 874. The highest BCUT2D eigenvalue weighted by molar-refractivity contribution is 6.01. The molecular weight excluding hydrogens is 304 g/mol. The van der Waals surface area contributed by atoms with E-state index < -0.39 is 0 Å². The third kappa shape index (κ3) is 3.27. The van der Waals surface area contributed by atoms with Gasteiger partial charge in [-0.1, -0.05) is 12.1 Å². The van der Waals surface area contributed by atoms with E-state index in [-0.39, 0.29) is 5.91 Å². The van der Waals surface area contributed by atoms with Crippen molar-refractivity contribution in [3.05, 3.63) is 71.7 Å². The summed E-state index contributed by atoms with van der Waals surface area (Å²) < 4.78 is 7.28. The maximum absolute atomic E-state index is 12.1. The molecule has 0 saturated heterocycles. The third-order valence-electron chi connectivity index (χ3n) is 3.70. The molecule has 6 nitrogen and oxygen atoms in total. The second-order valence-electron chi connectivity index (χ2n) is 5.48. The lowest BCUT2D eigenvalue weighted by Gasteiger charge is -2.05. The number of aromatic nitrogens is 2. The normalized spacial score (nSPS) is 11.5. The van der Waals surface area contributed by atoms with Gasteiger partial charge < -0.3 is 8.98 Å². The minimum Gasteiger partial charge on any atom is -0.466 e. The van der Waals surface area contributed by atoms with Crippen LogP contribution in [0.2, 0.25) is 0 Å². The summed E-state index contributed by atoms with van der Waals surface area (Å²) in [5.41, 5.74) is 5.73. The van der Waals surface area contributed by atoms with Gasteiger partial charge in [0, 0.05) is 18.1 Å². The van der Waals surface area contributed by atoms with Crippen molar-refractivity contribution >= 4 is 11.6 Å². The first-order chi connectivity index (χ1) is 11.5. The number of amides is 1.